The summed E-state index contributed by atoms with van der Waals surface area (Å²) < 4.78 is 11.1. The monoisotopic (exact) mass is 356 g/mol. The molecule has 140 valence electrons. The predicted molar refractivity (Wildman–Crippen MR) is 102 cm³/mol. The number of hydrogen-bond donors (Lipinski definition) is 0. The number of ether oxygens (including phenoxy) is 2. The van der Waals surface area contributed by atoms with Gasteiger partial charge in [0.15, 0.2) is 11.6 Å². The number of nitrogens with zero attached hydrogens (tertiary/aromatic N) is 2. The van der Waals surface area contributed by atoms with Crippen molar-refractivity contribution in [2.24, 2.45) is 5.92 Å². The van der Waals surface area contributed by atoms with Crippen LogP contribution in [0, 0.1) is 5.92 Å². The second kappa shape index (κ2) is 10.5. The van der Waals surface area contributed by atoms with Gasteiger partial charge in [-0.3, -0.25) is 4.79 Å². The van der Waals surface area contributed by atoms with Gasteiger partial charge in [-0.25, -0.2) is 9.97 Å². The van der Waals surface area contributed by atoms with Crippen LogP contribution in [-0.4, -0.2) is 22.5 Å². The van der Waals surface area contributed by atoms with Crippen molar-refractivity contribution in [3.8, 4) is 22.9 Å². The average molecular weight is 356 g/mol. The van der Waals surface area contributed by atoms with Crippen molar-refractivity contribution in [1.82, 2.24) is 9.97 Å². The number of carbonyl (C=O) groups is 1. The summed E-state index contributed by atoms with van der Waals surface area (Å²) in [6.45, 7) is 6.88. The van der Waals surface area contributed by atoms with E-state index in [0.29, 0.717) is 23.9 Å². The molecule has 0 aliphatic rings. The van der Waals surface area contributed by atoms with E-state index in [2.05, 4.69) is 23.8 Å². The Morgan fingerprint density at radius 3 is 2.27 bits per heavy atom. The van der Waals surface area contributed by atoms with E-state index in [1.807, 2.05) is 19.1 Å². The molecule has 0 amide bonds. The molecule has 1 unspecified atom stereocenters. The van der Waals surface area contributed by atoms with Gasteiger partial charge in [-0.1, -0.05) is 33.6 Å². The van der Waals surface area contributed by atoms with E-state index in [1.54, 1.807) is 24.5 Å². The molecule has 2 aromatic rings. The Morgan fingerprint density at radius 1 is 1.00 bits per heavy atom. The van der Waals surface area contributed by atoms with E-state index < -0.39 is 0 Å². The van der Waals surface area contributed by atoms with Crippen LogP contribution in [0.1, 0.15) is 52.9 Å². The number of hydrogen-bond acceptors (Lipinski definition) is 5. The van der Waals surface area contributed by atoms with Gasteiger partial charge in [-0.2, -0.15) is 0 Å². The number of aromatic nitrogens is 2. The van der Waals surface area contributed by atoms with Crippen molar-refractivity contribution in [3.05, 3.63) is 36.7 Å². The third kappa shape index (κ3) is 5.83. The first-order valence-electron chi connectivity index (χ1n) is 9.44. The fourth-order valence-corrected chi connectivity index (χ4v) is 2.58. The molecule has 2 rings (SSSR count). The molecular weight excluding hydrogens is 328 g/mol. The Bertz CT molecular complexity index is 669. The van der Waals surface area contributed by atoms with Crippen LogP contribution in [-0.2, 0) is 4.79 Å². The standard InChI is InChI=1S/C21H28N2O3/c1-4-7-13-25-19-14-22-20(23-15-19)17-9-11-18(12-10-17)26-21(24)16(6-3)8-5-2/h9-12,14-16H,4-8,13H2,1-3H3. The van der Waals surface area contributed by atoms with Crippen LogP contribution in [0.25, 0.3) is 11.4 Å². The van der Waals surface area contributed by atoms with Crippen LogP contribution >= 0.6 is 0 Å². The van der Waals surface area contributed by atoms with Crippen molar-refractivity contribution in [2.75, 3.05) is 6.61 Å². The Labute approximate surface area is 155 Å². The SMILES string of the molecule is CCCCOc1cnc(-c2ccc(OC(=O)C(CC)CCC)cc2)nc1. The molecular formula is C21H28N2O3. The van der Waals surface area contributed by atoms with Gasteiger partial charge < -0.3 is 9.47 Å². The molecule has 0 aliphatic carbocycles. The lowest BCUT2D eigenvalue weighted by molar-refractivity contribution is -0.139. The second-order valence-electron chi connectivity index (χ2n) is 6.28. The van der Waals surface area contributed by atoms with Crippen LogP contribution in [0.15, 0.2) is 36.7 Å². The first kappa shape index (κ1) is 19.9. The van der Waals surface area contributed by atoms with E-state index in [0.717, 1.165) is 37.7 Å². The van der Waals surface area contributed by atoms with Gasteiger partial charge in [0, 0.05) is 5.56 Å². The smallest absolute Gasteiger partial charge is 0.314 e. The molecule has 1 heterocycles. The lowest BCUT2D eigenvalue weighted by Gasteiger charge is -2.13. The van der Waals surface area contributed by atoms with Crippen LogP contribution in [0.4, 0.5) is 0 Å². The van der Waals surface area contributed by atoms with E-state index in [-0.39, 0.29) is 11.9 Å². The average Bonchev–Trinajstić information content (AvgIpc) is 2.67. The summed E-state index contributed by atoms with van der Waals surface area (Å²) in [5.41, 5.74) is 0.866. The van der Waals surface area contributed by atoms with Gasteiger partial charge in [0.2, 0.25) is 0 Å². The van der Waals surface area contributed by atoms with Crippen molar-refractivity contribution in [1.29, 1.82) is 0 Å². The van der Waals surface area contributed by atoms with Gasteiger partial charge in [0.1, 0.15) is 5.75 Å². The minimum Gasteiger partial charge on any atom is -0.490 e. The zero-order chi connectivity index (χ0) is 18.8. The van der Waals surface area contributed by atoms with Crippen LogP contribution in [0.2, 0.25) is 0 Å². The first-order chi connectivity index (χ1) is 12.7. The molecule has 5 heteroatoms. The molecule has 0 fully saturated rings. The van der Waals surface area contributed by atoms with Gasteiger partial charge in [-0.15, -0.1) is 0 Å². The maximum atomic E-state index is 12.2. The summed E-state index contributed by atoms with van der Waals surface area (Å²) in [5.74, 6) is 1.64. The highest BCUT2D eigenvalue weighted by Gasteiger charge is 2.17. The van der Waals surface area contributed by atoms with E-state index in [4.69, 9.17) is 9.47 Å². The zero-order valence-electron chi connectivity index (χ0n) is 15.9. The van der Waals surface area contributed by atoms with Gasteiger partial charge in [0.25, 0.3) is 0 Å². The fraction of sp³-hybridized carbons (Fsp3) is 0.476. The number of rotatable bonds is 10. The molecule has 1 aromatic heterocycles. The van der Waals surface area contributed by atoms with Crippen molar-refractivity contribution in [2.45, 2.75) is 52.9 Å². The third-order valence-electron chi connectivity index (χ3n) is 4.19. The summed E-state index contributed by atoms with van der Waals surface area (Å²) in [6, 6.07) is 7.27. The minimum atomic E-state index is -0.160. The van der Waals surface area contributed by atoms with Gasteiger partial charge >= 0.3 is 5.97 Å². The first-order valence-corrected chi connectivity index (χ1v) is 9.44. The molecule has 0 radical (unpaired) electrons. The Balaban J connectivity index is 1.97. The highest BCUT2D eigenvalue weighted by molar-refractivity contribution is 5.75. The quantitative estimate of drug-likeness (QED) is 0.338. The molecule has 5 nitrogen and oxygen atoms in total. The molecule has 0 aliphatic heterocycles. The van der Waals surface area contributed by atoms with E-state index in [1.165, 1.54) is 0 Å². The number of benzene rings is 1. The summed E-state index contributed by atoms with van der Waals surface area (Å²) in [5, 5.41) is 0. The van der Waals surface area contributed by atoms with Crippen molar-refractivity contribution in [3.63, 3.8) is 0 Å². The summed E-state index contributed by atoms with van der Waals surface area (Å²) in [7, 11) is 0. The lowest BCUT2D eigenvalue weighted by Crippen LogP contribution is -2.19. The van der Waals surface area contributed by atoms with Crippen LogP contribution in [0.5, 0.6) is 11.5 Å². The molecule has 26 heavy (non-hydrogen) atoms. The largest absolute Gasteiger partial charge is 0.490 e. The Morgan fingerprint density at radius 2 is 1.69 bits per heavy atom. The highest BCUT2D eigenvalue weighted by atomic mass is 16.5. The van der Waals surface area contributed by atoms with Crippen LogP contribution in [0.3, 0.4) is 0 Å². The zero-order valence-corrected chi connectivity index (χ0v) is 15.9. The van der Waals surface area contributed by atoms with E-state index in [9.17, 15) is 4.79 Å². The molecule has 1 atom stereocenters. The minimum absolute atomic E-state index is 0.0386. The molecule has 0 saturated carbocycles. The highest BCUT2D eigenvalue weighted by Crippen LogP contribution is 2.22. The molecule has 0 saturated heterocycles. The molecule has 0 N–H and O–H groups in total. The summed E-state index contributed by atoms with van der Waals surface area (Å²) in [4.78, 5) is 20.9. The number of carbonyl (C=O) groups excluding carboxylic acids is 1. The lowest BCUT2D eigenvalue weighted by atomic mass is 10.0. The molecule has 0 bridgehead atoms. The molecule has 1 aromatic carbocycles. The Hall–Kier alpha value is -2.43. The summed E-state index contributed by atoms with van der Waals surface area (Å²) in [6.07, 6.45) is 8.10. The van der Waals surface area contributed by atoms with Gasteiger partial charge in [0.05, 0.1) is 24.9 Å². The third-order valence-corrected chi connectivity index (χ3v) is 4.19. The Kier molecular flexibility index (Phi) is 8.06. The van der Waals surface area contributed by atoms with Crippen molar-refractivity contribution < 1.29 is 14.3 Å². The maximum Gasteiger partial charge on any atom is 0.314 e. The fourth-order valence-electron chi connectivity index (χ4n) is 2.58. The second-order valence-corrected chi connectivity index (χ2v) is 6.28. The summed E-state index contributed by atoms with van der Waals surface area (Å²) >= 11 is 0. The number of esters is 1. The van der Waals surface area contributed by atoms with Crippen molar-refractivity contribution >= 4 is 5.97 Å². The number of unbranched alkanes of at least 4 members (excludes halogenated alkanes) is 1. The van der Waals surface area contributed by atoms with E-state index >= 15 is 0 Å². The topological polar surface area (TPSA) is 61.3 Å². The molecule has 0 spiro atoms. The normalized spacial score (nSPS) is 11.8. The van der Waals surface area contributed by atoms with Crippen LogP contribution < -0.4 is 9.47 Å². The predicted octanol–water partition coefficient (Wildman–Crippen LogP) is 5.05. The van der Waals surface area contributed by atoms with Gasteiger partial charge in [-0.05, 0) is 43.5 Å². The maximum absolute atomic E-state index is 12.2.